The summed E-state index contributed by atoms with van der Waals surface area (Å²) in [5.41, 5.74) is 0.809. The first-order chi connectivity index (χ1) is 9.51. The first kappa shape index (κ1) is 19.9. The van der Waals surface area contributed by atoms with Crippen LogP contribution in [0.5, 0.6) is 5.75 Å². The zero-order valence-corrected chi connectivity index (χ0v) is 14.7. The van der Waals surface area contributed by atoms with E-state index in [1.54, 1.807) is 12.1 Å². The van der Waals surface area contributed by atoms with Crippen molar-refractivity contribution in [3.63, 3.8) is 0 Å². The van der Waals surface area contributed by atoms with Gasteiger partial charge in [-0.15, -0.1) is 24.0 Å². The van der Waals surface area contributed by atoms with Gasteiger partial charge in [0.2, 0.25) is 0 Å². The van der Waals surface area contributed by atoms with E-state index in [9.17, 15) is 8.78 Å². The minimum Gasteiger partial charge on any atom is -0.435 e. The highest BCUT2D eigenvalue weighted by Gasteiger charge is 2.05. The summed E-state index contributed by atoms with van der Waals surface area (Å²) < 4.78 is 28.6. The summed E-state index contributed by atoms with van der Waals surface area (Å²) >= 11 is 0. The Labute approximate surface area is 141 Å². The van der Waals surface area contributed by atoms with Crippen LogP contribution in [-0.2, 0) is 6.54 Å². The van der Waals surface area contributed by atoms with E-state index in [0.717, 1.165) is 12.1 Å². The standard InChI is InChI=1S/C14H21F2N3O.HI/c1-4-17-14(19-10(2)3)18-9-11-6-5-7-12(8-11)20-13(15)16;/h5-8,10,13H,4,9H2,1-3H3,(H2,17,18,19);1H. The van der Waals surface area contributed by atoms with E-state index in [0.29, 0.717) is 12.5 Å². The molecule has 0 saturated carbocycles. The van der Waals surface area contributed by atoms with Crippen LogP contribution in [0.15, 0.2) is 29.3 Å². The number of alkyl halides is 2. The van der Waals surface area contributed by atoms with Crippen molar-refractivity contribution in [1.29, 1.82) is 0 Å². The molecule has 0 saturated heterocycles. The largest absolute Gasteiger partial charge is 0.435 e. The predicted octanol–water partition coefficient (Wildman–Crippen LogP) is 3.37. The van der Waals surface area contributed by atoms with Crippen molar-refractivity contribution in [2.45, 2.75) is 40.0 Å². The maximum Gasteiger partial charge on any atom is 0.387 e. The minimum absolute atomic E-state index is 0. The number of rotatable bonds is 6. The number of halogens is 3. The fourth-order valence-corrected chi connectivity index (χ4v) is 1.58. The van der Waals surface area contributed by atoms with Crippen LogP contribution in [0.1, 0.15) is 26.3 Å². The Morgan fingerprint density at radius 2 is 2.05 bits per heavy atom. The molecule has 0 aliphatic heterocycles. The molecule has 0 aliphatic carbocycles. The van der Waals surface area contributed by atoms with E-state index in [4.69, 9.17) is 0 Å². The summed E-state index contributed by atoms with van der Waals surface area (Å²) in [6.07, 6.45) is 0. The Morgan fingerprint density at radius 3 is 2.62 bits per heavy atom. The van der Waals surface area contributed by atoms with E-state index in [1.807, 2.05) is 26.8 Å². The van der Waals surface area contributed by atoms with Gasteiger partial charge >= 0.3 is 6.61 Å². The topological polar surface area (TPSA) is 45.7 Å². The molecule has 0 aliphatic rings. The number of nitrogens with zero attached hydrogens (tertiary/aromatic N) is 1. The van der Waals surface area contributed by atoms with E-state index in [2.05, 4.69) is 20.4 Å². The van der Waals surface area contributed by atoms with Crippen LogP contribution in [0.3, 0.4) is 0 Å². The molecular weight excluding hydrogens is 391 g/mol. The van der Waals surface area contributed by atoms with Crippen molar-refractivity contribution in [2.75, 3.05) is 6.54 Å². The van der Waals surface area contributed by atoms with Crippen molar-refractivity contribution in [3.8, 4) is 5.75 Å². The molecule has 0 aromatic heterocycles. The van der Waals surface area contributed by atoms with Crippen LogP contribution in [0.25, 0.3) is 0 Å². The van der Waals surface area contributed by atoms with Crippen LogP contribution in [-0.4, -0.2) is 25.2 Å². The number of hydrogen-bond donors (Lipinski definition) is 2. The van der Waals surface area contributed by atoms with E-state index in [-0.39, 0.29) is 35.8 Å². The third kappa shape index (κ3) is 8.69. The summed E-state index contributed by atoms with van der Waals surface area (Å²) in [5.74, 6) is 0.845. The van der Waals surface area contributed by atoms with Gasteiger partial charge in [0, 0.05) is 12.6 Å². The van der Waals surface area contributed by atoms with Gasteiger partial charge in [-0.05, 0) is 38.5 Å². The van der Waals surface area contributed by atoms with Gasteiger partial charge in [0.25, 0.3) is 0 Å². The highest BCUT2D eigenvalue weighted by Crippen LogP contribution is 2.16. The number of guanidine groups is 1. The summed E-state index contributed by atoms with van der Waals surface area (Å²) in [4.78, 5) is 4.40. The van der Waals surface area contributed by atoms with Gasteiger partial charge in [0.15, 0.2) is 5.96 Å². The summed E-state index contributed by atoms with van der Waals surface area (Å²) in [5, 5.41) is 6.30. The Balaban J connectivity index is 0.00000400. The highest BCUT2D eigenvalue weighted by atomic mass is 127. The molecule has 2 N–H and O–H groups in total. The Hall–Kier alpha value is -1.12. The molecule has 4 nitrogen and oxygen atoms in total. The number of benzene rings is 1. The quantitative estimate of drug-likeness (QED) is 0.427. The lowest BCUT2D eigenvalue weighted by atomic mass is 10.2. The molecule has 21 heavy (non-hydrogen) atoms. The molecule has 120 valence electrons. The average Bonchev–Trinajstić information content (AvgIpc) is 2.35. The molecule has 0 atom stereocenters. The van der Waals surface area contributed by atoms with Crippen LogP contribution >= 0.6 is 24.0 Å². The third-order valence-electron chi connectivity index (χ3n) is 2.31. The molecule has 0 fully saturated rings. The Kier molecular flexibility index (Phi) is 10.0. The number of nitrogens with one attached hydrogen (secondary N) is 2. The fraction of sp³-hybridized carbons (Fsp3) is 0.500. The highest BCUT2D eigenvalue weighted by molar-refractivity contribution is 14.0. The molecule has 1 rings (SSSR count). The lowest BCUT2D eigenvalue weighted by Gasteiger charge is -2.14. The van der Waals surface area contributed by atoms with Crippen LogP contribution in [0.2, 0.25) is 0 Å². The molecule has 0 bridgehead atoms. The Bertz CT molecular complexity index is 442. The molecule has 1 aromatic carbocycles. The van der Waals surface area contributed by atoms with Crippen LogP contribution < -0.4 is 15.4 Å². The predicted molar refractivity (Wildman–Crippen MR) is 91.6 cm³/mol. The molecular formula is C14H22F2IN3O. The molecule has 0 amide bonds. The average molecular weight is 413 g/mol. The first-order valence-corrected chi connectivity index (χ1v) is 6.60. The van der Waals surface area contributed by atoms with E-state index < -0.39 is 6.61 Å². The van der Waals surface area contributed by atoms with Gasteiger partial charge in [0.1, 0.15) is 5.75 Å². The normalized spacial score (nSPS) is 11.3. The molecule has 7 heteroatoms. The van der Waals surface area contributed by atoms with Crippen molar-refractivity contribution in [1.82, 2.24) is 10.6 Å². The molecule has 0 heterocycles. The maximum atomic E-state index is 12.1. The van der Waals surface area contributed by atoms with Gasteiger partial charge in [-0.1, -0.05) is 12.1 Å². The fourth-order valence-electron chi connectivity index (χ4n) is 1.58. The van der Waals surface area contributed by atoms with E-state index >= 15 is 0 Å². The summed E-state index contributed by atoms with van der Waals surface area (Å²) in [6, 6.07) is 6.82. The number of aliphatic imine (C=N–C) groups is 1. The lowest BCUT2D eigenvalue weighted by molar-refractivity contribution is -0.0498. The smallest absolute Gasteiger partial charge is 0.387 e. The maximum absolute atomic E-state index is 12.1. The first-order valence-electron chi connectivity index (χ1n) is 6.60. The second-order valence-corrected chi connectivity index (χ2v) is 4.52. The van der Waals surface area contributed by atoms with Crippen LogP contribution in [0, 0.1) is 0 Å². The second kappa shape index (κ2) is 10.6. The van der Waals surface area contributed by atoms with Gasteiger partial charge < -0.3 is 15.4 Å². The molecule has 0 radical (unpaired) electrons. The minimum atomic E-state index is -2.81. The van der Waals surface area contributed by atoms with Gasteiger partial charge in [-0.3, -0.25) is 0 Å². The van der Waals surface area contributed by atoms with Crippen molar-refractivity contribution in [3.05, 3.63) is 29.8 Å². The zero-order valence-electron chi connectivity index (χ0n) is 12.4. The summed E-state index contributed by atoms with van der Waals surface area (Å²) in [6.45, 7) is 4.35. The Morgan fingerprint density at radius 1 is 1.33 bits per heavy atom. The van der Waals surface area contributed by atoms with Gasteiger partial charge in [-0.2, -0.15) is 8.78 Å². The lowest BCUT2D eigenvalue weighted by Crippen LogP contribution is -2.40. The van der Waals surface area contributed by atoms with Crippen molar-refractivity contribution >= 4 is 29.9 Å². The molecule has 0 unspecified atom stereocenters. The third-order valence-corrected chi connectivity index (χ3v) is 2.31. The van der Waals surface area contributed by atoms with Crippen LogP contribution in [0.4, 0.5) is 8.78 Å². The summed E-state index contributed by atoms with van der Waals surface area (Å²) in [7, 11) is 0. The zero-order chi connectivity index (χ0) is 15.0. The SMILES string of the molecule is CCNC(=NCc1cccc(OC(F)F)c1)NC(C)C.I. The van der Waals surface area contributed by atoms with Gasteiger partial charge in [-0.25, -0.2) is 4.99 Å². The number of ether oxygens (including phenoxy) is 1. The van der Waals surface area contributed by atoms with Gasteiger partial charge in [0.05, 0.1) is 6.54 Å². The second-order valence-electron chi connectivity index (χ2n) is 4.52. The monoisotopic (exact) mass is 413 g/mol. The number of hydrogen-bond acceptors (Lipinski definition) is 2. The molecule has 1 aromatic rings. The van der Waals surface area contributed by atoms with E-state index in [1.165, 1.54) is 6.07 Å². The van der Waals surface area contributed by atoms with Crippen molar-refractivity contribution < 1.29 is 13.5 Å². The van der Waals surface area contributed by atoms with Crippen molar-refractivity contribution in [2.24, 2.45) is 4.99 Å². The molecule has 0 spiro atoms.